The molecule has 20 heavy (non-hydrogen) atoms. The third-order valence-corrected chi connectivity index (χ3v) is 3.34. The van der Waals surface area contributed by atoms with Gasteiger partial charge in [-0.2, -0.15) is 0 Å². The topological polar surface area (TPSA) is 75.8 Å². The van der Waals surface area contributed by atoms with E-state index in [0.29, 0.717) is 26.3 Å². The smallest absolute Gasteiger partial charge is 0.337 e. The lowest BCUT2D eigenvalue weighted by Crippen LogP contribution is -2.37. The molecule has 6 nitrogen and oxygen atoms in total. The van der Waals surface area contributed by atoms with Gasteiger partial charge in [-0.3, -0.25) is 0 Å². The average Bonchev–Trinajstić information content (AvgIpc) is 3.02. The lowest BCUT2D eigenvalue weighted by Gasteiger charge is -2.30. The van der Waals surface area contributed by atoms with Crippen molar-refractivity contribution in [2.75, 3.05) is 31.2 Å². The highest BCUT2D eigenvalue weighted by atomic mass is 16.5. The summed E-state index contributed by atoms with van der Waals surface area (Å²) in [7, 11) is 0. The lowest BCUT2D eigenvalue weighted by atomic mass is 10.0. The van der Waals surface area contributed by atoms with Gasteiger partial charge in [0.15, 0.2) is 0 Å². The number of hydrogen-bond acceptors (Lipinski definition) is 5. The van der Waals surface area contributed by atoms with Gasteiger partial charge in [0.2, 0.25) is 0 Å². The maximum atomic E-state index is 11.5. The number of carbonyl (C=O) groups is 1. The van der Waals surface area contributed by atoms with Gasteiger partial charge >= 0.3 is 5.97 Å². The van der Waals surface area contributed by atoms with E-state index in [2.05, 4.69) is 5.16 Å². The molecule has 0 radical (unpaired) electrons. The van der Waals surface area contributed by atoms with Gasteiger partial charge < -0.3 is 19.3 Å². The van der Waals surface area contributed by atoms with Gasteiger partial charge in [-0.25, -0.2) is 4.79 Å². The van der Waals surface area contributed by atoms with Crippen LogP contribution >= 0.6 is 0 Å². The van der Waals surface area contributed by atoms with E-state index in [1.54, 1.807) is 12.3 Å². The Labute approximate surface area is 115 Å². The molecule has 0 spiro atoms. The molecule has 0 bridgehead atoms. The SMILES string of the molecule is O=C(O)c1cc(-c2cnoc2)ccc1N1CCOCC1. The third kappa shape index (κ3) is 2.37. The van der Waals surface area contributed by atoms with Crippen molar-refractivity contribution in [2.24, 2.45) is 0 Å². The molecular weight excluding hydrogens is 260 g/mol. The molecule has 1 fully saturated rings. The largest absolute Gasteiger partial charge is 0.478 e. The fourth-order valence-corrected chi connectivity index (χ4v) is 2.31. The number of carboxylic acids is 1. The number of carboxylic acid groups (broad SMARTS) is 1. The van der Waals surface area contributed by atoms with Crippen LogP contribution in [0.3, 0.4) is 0 Å². The predicted molar refractivity (Wildman–Crippen MR) is 71.9 cm³/mol. The number of morpholine rings is 1. The lowest BCUT2D eigenvalue weighted by molar-refractivity contribution is 0.0696. The standard InChI is InChI=1S/C14H14N2O4/c17-14(18)12-7-10(11-8-15-20-9-11)1-2-13(12)16-3-5-19-6-4-16/h1-2,7-9H,3-6H2,(H,17,18). The van der Waals surface area contributed by atoms with Gasteiger partial charge in [0.05, 0.1) is 30.7 Å². The van der Waals surface area contributed by atoms with Gasteiger partial charge in [0, 0.05) is 18.7 Å². The monoisotopic (exact) mass is 274 g/mol. The van der Waals surface area contributed by atoms with Crippen LogP contribution in [-0.2, 0) is 4.74 Å². The molecule has 1 aromatic heterocycles. The summed E-state index contributed by atoms with van der Waals surface area (Å²) in [4.78, 5) is 13.5. The summed E-state index contributed by atoms with van der Waals surface area (Å²) in [5.74, 6) is -0.940. The summed E-state index contributed by atoms with van der Waals surface area (Å²) in [5, 5.41) is 13.1. The van der Waals surface area contributed by atoms with Crippen LogP contribution in [0, 0.1) is 0 Å². The number of anilines is 1. The van der Waals surface area contributed by atoms with Crippen molar-refractivity contribution in [1.29, 1.82) is 0 Å². The van der Waals surface area contributed by atoms with Crippen LogP contribution in [0.25, 0.3) is 11.1 Å². The van der Waals surface area contributed by atoms with Crippen LogP contribution in [0.2, 0.25) is 0 Å². The molecule has 0 atom stereocenters. The summed E-state index contributed by atoms with van der Waals surface area (Å²) in [6, 6.07) is 5.36. The zero-order chi connectivity index (χ0) is 13.9. The van der Waals surface area contributed by atoms with Crippen LogP contribution in [0.4, 0.5) is 5.69 Å². The molecule has 104 valence electrons. The fourth-order valence-electron chi connectivity index (χ4n) is 2.31. The molecular formula is C14H14N2O4. The van der Waals surface area contributed by atoms with Crippen LogP contribution in [0.15, 0.2) is 35.2 Å². The fraction of sp³-hybridized carbons (Fsp3) is 0.286. The number of benzene rings is 1. The number of aromatic carboxylic acids is 1. The molecule has 1 aromatic carbocycles. The summed E-state index contributed by atoms with van der Waals surface area (Å²) < 4.78 is 10.1. The van der Waals surface area contributed by atoms with Crippen molar-refractivity contribution < 1.29 is 19.2 Å². The number of aromatic nitrogens is 1. The Kier molecular flexibility index (Phi) is 3.39. The third-order valence-electron chi connectivity index (χ3n) is 3.34. The Morgan fingerprint density at radius 2 is 2.05 bits per heavy atom. The van der Waals surface area contributed by atoms with E-state index in [-0.39, 0.29) is 5.56 Å². The molecule has 1 aliphatic heterocycles. The van der Waals surface area contributed by atoms with Gasteiger partial charge in [-0.1, -0.05) is 11.2 Å². The molecule has 2 aromatic rings. The number of hydrogen-bond donors (Lipinski definition) is 1. The first-order chi connectivity index (χ1) is 9.75. The van der Waals surface area contributed by atoms with Crippen molar-refractivity contribution >= 4 is 11.7 Å². The summed E-state index contributed by atoms with van der Waals surface area (Å²) >= 11 is 0. The van der Waals surface area contributed by atoms with Crippen molar-refractivity contribution in [3.8, 4) is 11.1 Å². The molecule has 6 heteroatoms. The number of nitrogens with zero attached hydrogens (tertiary/aromatic N) is 2. The molecule has 0 amide bonds. The maximum absolute atomic E-state index is 11.5. The second-order valence-electron chi connectivity index (χ2n) is 4.55. The average molecular weight is 274 g/mol. The Morgan fingerprint density at radius 3 is 2.70 bits per heavy atom. The van der Waals surface area contributed by atoms with Gasteiger partial charge in [0.25, 0.3) is 0 Å². The quantitative estimate of drug-likeness (QED) is 0.921. The van der Waals surface area contributed by atoms with E-state index >= 15 is 0 Å². The molecule has 2 heterocycles. The number of ether oxygens (including phenoxy) is 1. The Morgan fingerprint density at radius 1 is 1.25 bits per heavy atom. The predicted octanol–water partition coefficient (Wildman–Crippen LogP) is 1.88. The van der Waals surface area contributed by atoms with E-state index in [0.717, 1.165) is 16.8 Å². The minimum Gasteiger partial charge on any atom is -0.478 e. The molecule has 1 saturated heterocycles. The van der Waals surface area contributed by atoms with Crippen LogP contribution in [0.1, 0.15) is 10.4 Å². The zero-order valence-corrected chi connectivity index (χ0v) is 10.8. The van der Waals surface area contributed by atoms with E-state index < -0.39 is 5.97 Å². The Balaban J connectivity index is 2.00. The highest BCUT2D eigenvalue weighted by Gasteiger charge is 2.19. The van der Waals surface area contributed by atoms with Gasteiger partial charge in [-0.05, 0) is 17.7 Å². The highest BCUT2D eigenvalue weighted by Crippen LogP contribution is 2.28. The minimum absolute atomic E-state index is 0.283. The van der Waals surface area contributed by atoms with Crippen LogP contribution < -0.4 is 4.90 Å². The second-order valence-corrected chi connectivity index (χ2v) is 4.55. The summed E-state index contributed by atoms with van der Waals surface area (Å²) in [6.07, 6.45) is 3.06. The Hall–Kier alpha value is -2.34. The van der Waals surface area contributed by atoms with Gasteiger partial charge in [-0.15, -0.1) is 0 Å². The first-order valence-corrected chi connectivity index (χ1v) is 6.35. The number of rotatable bonds is 3. The van der Waals surface area contributed by atoms with E-state index in [9.17, 15) is 9.90 Å². The first kappa shape index (κ1) is 12.7. The zero-order valence-electron chi connectivity index (χ0n) is 10.8. The van der Waals surface area contributed by atoms with Crippen molar-refractivity contribution in [3.63, 3.8) is 0 Å². The van der Waals surface area contributed by atoms with E-state index in [1.165, 1.54) is 6.26 Å². The molecule has 0 unspecified atom stereocenters. The molecule has 3 rings (SSSR count). The summed E-state index contributed by atoms with van der Waals surface area (Å²) in [6.45, 7) is 2.64. The summed E-state index contributed by atoms with van der Waals surface area (Å²) in [5.41, 5.74) is 2.55. The molecule has 1 aliphatic rings. The minimum atomic E-state index is -0.940. The van der Waals surface area contributed by atoms with Crippen molar-refractivity contribution in [2.45, 2.75) is 0 Å². The van der Waals surface area contributed by atoms with Gasteiger partial charge in [0.1, 0.15) is 6.26 Å². The molecule has 1 N–H and O–H groups in total. The molecule has 0 saturated carbocycles. The molecule has 0 aliphatic carbocycles. The normalized spacial score (nSPS) is 15.3. The maximum Gasteiger partial charge on any atom is 0.337 e. The van der Waals surface area contributed by atoms with Crippen LogP contribution in [0.5, 0.6) is 0 Å². The van der Waals surface area contributed by atoms with E-state index in [1.807, 2.05) is 17.0 Å². The second kappa shape index (κ2) is 5.34. The highest BCUT2D eigenvalue weighted by molar-refractivity contribution is 5.96. The van der Waals surface area contributed by atoms with Crippen molar-refractivity contribution in [1.82, 2.24) is 5.16 Å². The van der Waals surface area contributed by atoms with E-state index in [4.69, 9.17) is 9.26 Å². The van der Waals surface area contributed by atoms with Crippen LogP contribution in [-0.4, -0.2) is 42.5 Å². The van der Waals surface area contributed by atoms with Crippen molar-refractivity contribution in [3.05, 3.63) is 36.2 Å². The Bertz CT molecular complexity index is 604. The first-order valence-electron chi connectivity index (χ1n) is 6.35.